The molecular weight excluding hydrogens is 356 g/mol. The van der Waals surface area contributed by atoms with E-state index in [4.69, 9.17) is 9.47 Å². The fourth-order valence-corrected chi connectivity index (χ4v) is 4.88. The molecule has 6 heteroatoms. The number of rotatable bonds is 8. The fourth-order valence-electron chi connectivity index (χ4n) is 4.88. The van der Waals surface area contributed by atoms with Crippen LogP contribution in [-0.4, -0.2) is 62.8 Å². The summed E-state index contributed by atoms with van der Waals surface area (Å²) >= 11 is 0. The number of fused-ring (bicyclic) bond motifs is 1. The van der Waals surface area contributed by atoms with E-state index < -0.39 is 5.54 Å². The Bertz CT molecular complexity index is 685. The summed E-state index contributed by atoms with van der Waals surface area (Å²) in [7, 11) is 3.31. The number of ether oxygens (including phenoxy) is 2. The monoisotopic (exact) mass is 388 g/mol. The third kappa shape index (κ3) is 3.94. The summed E-state index contributed by atoms with van der Waals surface area (Å²) in [4.78, 5) is 28.7. The molecule has 2 aliphatic rings. The van der Waals surface area contributed by atoms with Crippen LogP contribution in [0.1, 0.15) is 60.4 Å². The van der Waals surface area contributed by atoms with Crippen molar-refractivity contribution < 1.29 is 19.1 Å². The molecule has 1 heterocycles. The number of carbonyl (C=O) groups is 2. The van der Waals surface area contributed by atoms with Crippen molar-refractivity contribution in [2.75, 3.05) is 40.5 Å². The minimum atomic E-state index is -0.465. The Kier molecular flexibility index (Phi) is 7.08. The van der Waals surface area contributed by atoms with Gasteiger partial charge in [0.25, 0.3) is 5.91 Å². The molecule has 2 amide bonds. The van der Waals surface area contributed by atoms with Crippen LogP contribution < -0.4 is 5.32 Å². The van der Waals surface area contributed by atoms with Crippen LogP contribution in [0.25, 0.3) is 0 Å². The first-order chi connectivity index (χ1) is 13.7. The Morgan fingerprint density at radius 2 is 1.86 bits per heavy atom. The van der Waals surface area contributed by atoms with Gasteiger partial charge in [0.15, 0.2) is 0 Å². The molecule has 3 rings (SSSR count). The second-order valence-electron chi connectivity index (χ2n) is 7.77. The number of hydrogen-bond donors (Lipinski definition) is 1. The normalized spacial score (nSPS) is 20.9. The second-order valence-corrected chi connectivity index (χ2v) is 7.77. The van der Waals surface area contributed by atoms with Crippen LogP contribution in [0.4, 0.5) is 0 Å². The van der Waals surface area contributed by atoms with E-state index >= 15 is 0 Å². The second kappa shape index (κ2) is 9.52. The molecule has 1 fully saturated rings. The van der Waals surface area contributed by atoms with E-state index in [-0.39, 0.29) is 17.7 Å². The maximum Gasteiger partial charge on any atom is 0.254 e. The largest absolute Gasteiger partial charge is 0.385 e. The van der Waals surface area contributed by atoms with Crippen molar-refractivity contribution in [3.63, 3.8) is 0 Å². The van der Waals surface area contributed by atoms with Crippen molar-refractivity contribution >= 4 is 11.8 Å². The molecule has 1 aromatic rings. The van der Waals surface area contributed by atoms with Crippen LogP contribution in [0.2, 0.25) is 0 Å². The number of hydrogen-bond acceptors (Lipinski definition) is 4. The molecule has 1 spiro atoms. The van der Waals surface area contributed by atoms with E-state index in [0.717, 1.165) is 44.1 Å². The van der Waals surface area contributed by atoms with Crippen LogP contribution in [0, 0.1) is 0 Å². The van der Waals surface area contributed by atoms with Gasteiger partial charge in [-0.25, -0.2) is 0 Å². The summed E-state index contributed by atoms with van der Waals surface area (Å²) in [5.41, 5.74) is 1.05. The van der Waals surface area contributed by atoms with E-state index in [9.17, 15) is 9.59 Å². The number of carbonyl (C=O) groups excluding carboxylic acids is 2. The zero-order chi connectivity index (χ0) is 20.0. The van der Waals surface area contributed by atoms with Gasteiger partial charge in [-0.15, -0.1) is 0 Å². The van der Waals surface area contributed by atoms with E-state index in [1.165, 1.54) is 0 Å². The van der Waals surface area contributed by atoms with Crippen LogP contribution in [-0.2, 0) is 14.3 Å². The number of amides is 2. The third-order valence-corrected chi connectivity index (χ3v) is 6.15. The topological polar surface area (TPSA) is 67.9 Å². The Hall–Kier alpha value is -1.92. The van der Waals surface area contributed by atoms with Gasteiger partial charge in [-0.05, 0) is 30.9 Å². The summed E-state index contributed by atoms with van der Waals surface area (Å²) in [6, 6.07) is 7.60. The SMILES string of the molecule is COCCCNC(=O)[C@@H]1c2ccccc2C(=O)N(CCOC)C12CCCCC2. The molecule has 0 unspecified atom stereocenters. The molecule has 1 atom stereocenters. The molecule has 0 bridgehead atoms. The standard InChI is InChI=1S/C22H32N2O4/c1-27-15-8-13-23-20(25)19-17-9-4-5-10-18(17)21(26)24(14-16-28-2)22(19)11-6-3-7-12-22/h4-5,9-10,19H,3,6-8,11-16H2,1-2H3,(H,23,25)/t19-/m0/s1. The molecule has 0 radical (unpaired) electrons. The lowest BCUT2D eigenvalue weighted by Crippen LogP contribution is -2.63. The average molecular weight is 389 g/mol. The smallest absolute Gasteiger partial charge is 0.254 e. The van der Waals surface area contributed by atoms with Crippen molar-refractivity contribution in [3.8, 4) is 0 Å². The molecule has 1 aromatic carbocycles. The van der Waals surface area contributed by atoms with Gasteiger partial charge in [0.05, 0.1) is 18.1 Å². The lowest BCUT2D eigenvalue weighted by atomic mass is 9.65. The highest BCUT2D eigenvalue weighted by molar-refractivity contribution is 6.02. The number of benzene rings is 1. The molecule has 28 heavy (non-hydrogen) atoms. The minimum absolute atomic E-state index is 0.0142. The highest BCUT2D eigenvalue weighted by atomic mass is 16.5. The minimum Gasteiger partial charge on any atom is -0.385 e. The number of methoxy groups -OCH3 is 2. The van der Waals surface area contributed by atoms with Crippen LogP contribution in [0.5, 0.6) is 0 Å². The van der Waals surface area contributed by atoms with Gasteiger partial charge < -0.3 is 19.7 Å². The van der Waals surface area contributed by atoms with Gasteiger partial charge in [0, 0.05) is 39.5 Å². The van der Waals surface area contributed by atoms with Crippen molar-refractivity contribution in [3.05, 3.63) is 35.4 Å². The van der Waals surface area contributed by atoms with Crippen molar-refractivity contribution in [2.45, 2.75) is 50.0 Å². The summed E-state index contributed by atoms with van der Waals surface area (Å²) in [5, 5.41) is 3.10. The van der Waals surface area contributed by atoms with Crippen molar-refractivity contribution in [1.82, 2.24) is 10.2 Å². The van der Waals surface area contributed by atoms with E-state index in [1.807, 2.05) is 29.2 Å². The summed E-state index contributed by atoms with van der Waals surface area (Å²) < 4.78 is 10.4. The van der Waals surface area contributed by atoms with Gasteiger partial charge in [0.1, 0.15) is 0 Å². The lowest BCUT2D eigenvalue weighted by Gasteiger charge is -2.53. The molecule has 0 aromatic heterocycles. The summed E-state index contributed by atoms with van der Waals surface area (Å²) in [6.45, 7) is 2.17. The first-order valence-corrected chi connectivity index (χ1v) is 10.3. The Balaban J connectivity index is 1.99. The molecule has 1 aliphatic carbocycles. The highest BCUT2D eigenvalue weighted by Gasteiger charge is 2.54. The zero-order valence-electron chi connectivity index (χ0n) is 17.0. The quantitative estimate of drug-likeness (QED) is 0.696. The van der Waals surface area contributed by atoms with Crippen molar-refractivity contribution in [1.29, 1.82) is 0 Å². The molecule has 1 aliphatic heterocycles. The maximum atomic E-state index is 13.4. The summed E-state index contributed by atoms with van der Waals surface area (Å²) in [5.74, 6) is -0.306. The Morgan fingerprint density at radius 1 is 1.14 bits per heavy atom. The average Bonchev–Trinajstić information content (AvgIpc) is 2.72. The van der Waals surface area contributed by atoms with Crippen LogP contribution >= 0.6 is 0 Å². The highest BCUT2D eigenvalue weighted by Crippen LogP contribution is 2.49. The first-order valence-electron chi connectivity index (χ1n) is 10.3. The van der Waals surface area contributed by atoms with E-state index in [2.05, 4.69) is 5.32 Å². The van der Waals surface area contributed by atoms with Gasteiger partial charge in [-0.2, -0.15) is 0 Å². The number of nitrogens with one attached hydrogen (secondary N) is 1. The van der Waals surface area contributed by atoms with E-state index in [0.29, 0.717) is 31.9 Å². The van der Waals surface area contributed by atoms with Gasteiger partial charge in [-0.3, -0.25) is 9.59 Å². The predicted octanol–water partition coefficient (Wildman–Crippen LogP) is 2.73. The Morgan fingerprint density at radius 3 is 2.57 bits per heavy atom. The predicted molar refractivity (Wildman–Crippen MR) is 107 cm³/mol. The molecule has 154 valence electrons. The Labute approximate surface area is 167 Å². The first kappa shape index (κ1) is 20.8. The molecular formula is C22H32N2O4. The van der Waals surface area contributed by atoms with Crippen molar-refractivity contribution in [2.24, 2.45) is 0 Å². The molecule has 6 nitrogen and oxygen atoms in total. The van der Waals surface area contributed by atoms with E-state index in [1.54, 1.807) is 14.2 Å². The third-order valence-electron chi connectivity index (χ3n) is 6.15. The van der Waals surface area contributed by atoms with Gasteiger partial charge >= 0.3 is 0 Å². The van der Waals surface area contributed by atoms with Gasteiger partial charge in [0.2, 0.25) is 5.91 Å². The number of nitrogens with zero attached hydrogens (tertiary/aromatic N) is 1. The molecule has 0 saturated heterocycles. The molecule has 1 N–H and O–H groups in total. The van der Waals surface area contributed by atoms with Gasteiger partial charge in [-0.1, -0.05) is 37.5 Å². The molecule has 1 saturated carbocycles. The van der Waals surface area contributed by atoms with Crippen LogP contribution in [0.3, 0.4) is 0 Å². The summed E-state index contributed by atoms with van der Waals surface area (Å²) in [6.07, 6.45) is 5.70. The maximum absolute atomic E-state index is 13.4. The van der Waals surface area contributed by atoms with Crippen LogP contribution in [0.15, 0.2) is 24.3 Å². The lowest BCUT2D eigenvalue weighted by molar-refractivity contribution is -0.127. The fraction of sp³-hybridized carbons (Fsp3) is 0.636. The zero-order valence-corrected chi connectivity index (χ0v) is 17.0.